The molecule has 0 bridgehead atoms. The molecule has 0 aromatic heterocycles. The van der Waals surface area contributed by atoms with Crippen molar-refractivity contribution in [3.63, 3.8) is 0 Å². The Morgan fingerprint density at radius 1 is 0.401 bits per heavy atom. The number of hydrogen-bond donors (Lipinski definition) is 17. The van der Waals surface area contributed by atoms with Gasteiger partial charge in [0.25, 0.3) is 0 Å². The number of amides is 3. The summed E-state index contributed by atoms with van der Waals surface area (Å²) in [5, 5.41) is 102. The van der Waals surface area contributed by atoms with E-state index < -0.39 is 295 Å². The predicted molar refractivity (Wildman–Crippen MR) is 490 cm³/mol. The average molecular weight is 2000 g/mol. The highest BCUT2D eigenvalue weighted by Crippen LogP contribution is 2.44. The maximum absolute atomic E-state index is 14.8. The molecule has 15 rings (SSSR count). The fourth-order valence-electron chi connectivity index (χ4n) is 18.8. The molecule has 142 heavy (non-hydrogen) atoms. The van der Waals surface area contributed by atoms with Gasteiger partial charge in [-0.1, -0.05) is 185 Å². The number of ether oxygens (including phenoxy) is 21. The first kappa shape index (κ1) is 108. The molecule has 2 saturated carbocycles. The van der Waals surface area contributed by atoms with Crippen molar-refractivity contribution in [1.29, 1.82) is 0 Å². The number of nitrogens with one attached hydrogen (secondary N) is 3. The van der Waals surface area contributed by atoms with Gasteiger partial charge in [0, 0.05) is 29.5 Å². The lowest BCUT2D eigenvalue weighted by Gasteiger charge is -2.51. The van der Waals surface area contributed by atoms with Crippen LogP contribution in [0.1, 0.15) is 103 Å². The second kappa shape index (κ2) is 51.5. The van der Waals surface area contributed by atoms with E-state index in [2.05, 4.69) is 16.0 Å². The molecule has 6 aromatic rings. The molecule has 3 amide bonds. The van der Waals surface area contributed by atoms with Crippen LogP contribution in [0.4, 0.5) is 14.4 Å². The number of hydrogen-bond acceptors (Lipinski definition) is 41. The van der Waals surface area contributed by atoms with Gasteiger partial charge in [0.1, 0.15) is 149 Å². The van der Waals surface area contributed by atoms with E-state index in [1.807, 2.05) is 62.4 Å². The molecule has 7 saturated heterocycles. The minimum absolute atomic E-state index is 0.0457. The van der Waals surface area contributed by atoms with Crippen molar-refractivity contribution >= 4 is 36.5 Å². The minimum atomic E-state index is -1.67. The van der Waals surface area contributed by atoms with Gasteiger partial charge in [-0.05, 0) is 66.6 Å². The molecule has 39 unspecified atom stereocenters. The zero-order valence-corrected chi connectivity index (χ0v) is 78.5. The lowest BCUT2D eigenvalue weighted by Crippen LogP contribution is -2.69. The lowest BCUT2D eigenvalue weighted by atomic mass is 9.82. The highest BCUT2D eigenvalue weighted by atomic mass is 16.8. The summed E-state index contributed by atoms with van der Waals surface area (Å²) in [5.41, 5.74) is 33.4. The first-order valence-electron chi connectivity index (χ1n) is 47.6. The van der Waals surface area contributed by atoms with Crippen molar-refractivity contribution in [1.82, 2.24) is 16.0 Å². The Kier molecular flexibility index (Phi) is 39.3. The topological polar surface area (TPSA) is 645 Å². The van der Waals surface area contributed by atoms with Crippen molar-refractivity contribution in [2.45, 2.75) is 300 Å². The lowest BCUT2D eigenvalue weighted by molar-refractivity contribution is -0.366. The summed E-state index contributed by atoms with van der Waals surface area (Å²) in [6.07, 6.45) is -40.8. The van der Waals surface area contributed by atoms with E-state index in [-0.39, 0.29) is 63.4 Å². The van der Waals surface area contributed by atoms with Crippen LogP contribution in [0.15, 0.2) is 182 Å². The molecular weight excluding hydrogens is 1870 g/mol. The summed E-state index contributed by atoms with van der Waals surface area (Å²) in [6.45, 7) is 4.22. The maximum atomic E-state index is 14.8. The van der Waals surface area contributed by atoms with Crippen molar-refractivity contribution < 1.29 is 174 Å². The van der Waals surface area contributed by atoms with Gasteiger partial charge in [-0.15, -0.1) is 0 Å². The van der Waals surface area contributed by atoms with Gasteiger partial charge in [0.15, 0.2) is 50.1 Å². The molecule has 22 N–H and O–H groups in total. The van der Waals surface area contributed by atoms with Gasteiger partial charge in [0.2, 0.25) is 0 Å². The zero-order chi connectivity index (χ0) is 101. The highest BCUT2D eigenvalue weighted by molar-refractivity contribution is 5.90. The van der Waals surface area contributed by atoms with E-state index in [4.69, 9.17) is 128 Å². The molecular formula is C98H130N8O36. The van der Waals surface area contributed by atoms with E-state index in [0.29, 0.717) is 29.4 Å². The molecule has 2 aliphatic carbocycles. The third-order valence-corrected chi connectivity index (χ3v) is 26.5. The molecule has 0 radical (unpaired) electrons. The van der Waals surface area contributed by atoms with Gasteiger partial charge < -0.3 is 195 Å². The van der Waals surface area contributed by atoms with Crippen LogP contribution >= 0.6 is 0 Å². The molecule has 44 nitrogen and oxygen atoms in total. The maximum Gasteiger partial charge on any atom is 0.407 e. The fraction of sp³-hybridized carbons (Fsp3) is 0.571. The Hall–Kier alpha value is -9.46. The van der Waals surface area contributed by atoms with Gasteiger partial charge in [-0.2, -0.15) is 0 Å². The summed E-state index contributed by atoms with van der Waals surface area (Å²) in [6, 6.07) is 44.5. The third kappa shape index (κ3) is 26.7. The zero-order valence-electron chi connectivity index (χ0n) is 78.5. The number of aldehydes is 1. The van der Waals surface area contributed by atoms with Crippen LogP contribution in [0.25, 0.3) is 0 Å². The normalized spacial score (nSPS) is 37.1. The van der Waals surface area contributed by atoms with E-state index >= 15 is 0 Å². The van der Waals surface area contributed by atoms with Crippen LogP contribution in [0.2, 0.25) is 0 Å². The second-order valence-corrected chi connectivity index (χ2v) is 36.1. The first-order chi connectivity index (χ1) is 68.6. The van der Waals surface area contributed by atoms with E-state index in [9.17, 15) is 74.7 Å². The highest BCUT2D eigenvalue weighted by Gasteiger charge is 2.61. The average Bonchev–Trinajstić information content (AvgIpc) is 1.77. The molecule has 7 aliphatic heterocycles. The second-order valence-electron chi connectivity index (χ2n) is 36.1. The Bertz CT molecular complexity index is 4890. The van der Waals surface area contributed by atoms with Crippen molar-refractivity contribution in [2.75, 3.05) is 39.6 Å². The molecule has 44 heteroatoms. The summed E-state index contributed by atoms with van der Waals surface area (Å²) >= 11 is 0. The van der Waals surface area contributed by atoms with E-state index in [0.717, 1.165) is 5.56 Å². The number of rotatable bonds is 36. The van der Waals surface area contributed by atoms with Crippen molar-refractivity contribution in [3.05, 3.63) is 215 Å². The van der Waals surface area contributed by atoms with Crippen LogP contribution in [0.3, 0.4) is 0 Å². The Morgan fingerprint density at radius 2 is 0.852 bits per heavy atom. The van der Waals surface area contributed by atoms with Crippen LogP contribution in [0, 0.1) is 11.8 Å². The van der Waals surface area contributed by atoms with Crippen molar-refractivity contribution in [3.8, 4) is 0 Å². The summed E-state index contributed by atoms with van der Waals surface area (Å²) < 4.78 is 132. The molecule has 6 aromatic carbocycles. The molecule has 9 aliphatic rings. The standard InChI is InChI=1S/C74H83N3O21.C24H47N5O15/c1-5-54-44(3)59(93-66(80)49-31-19-10-20-32-49)57(77-74(84)89-42-48-29-17-9-18-30-48)70(90-54)97-63-55(6-2)91-71(65(63)85-38-37-78)98-64-60(94-67(81)50-33-21-11-22-34-50)52(75-72(82)87-40-46-25-13-7-14-26-46)39-53(76-73(83)88-41-47-27-15-8-16-28-47)61(64)95-68-45(4)58(79)62-56(92-68)43-86-69(96-62)51-35-23-12-24-36-51;25-6-3-7(26)17(41-22-10(27)14(35)13(34)8(4-31)39-22)19(12(6)33)43-24-20(38-2-1-30)18(9(5-32)40-24)42-23-11(28)15(36)16(37)21(29)44-23/h7-37,44-45,52-65,68-71,79H,5-6,38-43H2,1-4H3,(H,75,82)(H,76,83)(H,77,84);6-24,30-37H,1-5,25-29H2. The summed E-state index contributed by atoms with van der Waals surface area (Å²) in [4.78, 5) is 84.5. The number of esters is 2. The number of carbonyl (C=O) groups excluding carboxylic acids is 6. The quantitative estimate of drug-likeness (QED) is 0.0143. The number of aliphatic hydroxyl groups is 9. The summed E-state index contributed by atoms with van der Waals surface area (Å²) in [7, 11) is 0. The first-order valence-corrected chi connectivity index (χ1v) is 47.6. The number of nitrogens with two attached hydrogens (primary N) is 5. The third-order valence-electron chi connectivity index (χ3n) is 26.5. The van der Waals surface area contributed by atoms with Crippen molar-refractivity contribution in [2.24, 2.45) is 40.5 Å². The Balaban J connectivity index is 0.000000303. The molecule has 9 fully saturated rings. The fourth-order valence-corrected chi connectivity index (χ4v) is 18.8. The van der Waals surface area contributed by atoms with Gasteiger partial charge >= 0.3 is 30.2 Å². The smallest absolute Gasteiger partial charge is 0.407 e. The number of fused-ring (bicyclic) bond motifs is 1. The molecule has 0 spiro atoms. The largest absolute Gasteiger partial charge is 0.456 e. The van der Waals surface area contributed by atoms with E-state index in [1.165, 1.54) is 12.1 Å². The minimum Gasteiger partial charge on any atom is -0.456 e. The van der Waals surface area contributed by atoms with E-state index in [1.54, 1.807) is 135 Å². The SMILES string of the molecule is CCC1OC(OC2C(CC)OC(OC3C(OC(=O)c4ccccc4)C(NC(=O)OCc4ccccc4)CC(NC(=O)OCc4ccccc4)C3OC3OC4COC(c5ccccc5)OC4C(O)C3C)C2OCC=O)C(NC(=O)OCc2ccccc2)C(OC(=O)c2ccccc2)C1C.NC1CC(N)C(OC2OC(CO)C(O)C(O)C2N)C(OC2OC(CO)C(OC3OC(N)C(O)C(O)C3N)C2OCCO)C1O. The number of carbonyl (C=O) groups is 6. The molecule has 7 heterocycles. The van der Waals surface area contributed by atoms with Crippen LogP contribution in [-0.4, -0.2) is 343 Å². The molecule has 39 atom stereocenters. The van der Waals surface area contributed by atoms with Crippen LogP contribution in [-0.2, 0) is 124 Å². The Morgan fingerprint density at radius 3 is 1.39 bits per heavy atom. The molecule has 778 valence electrons. The predicted octanol–water partition coefficient (Wildman–Crippen LogP) is 0.320. The monoisotopic (exact) mass is 1990 g/mol. The Labute approximate surface area is 818 Å². The van der Waals surface area contributed by atoms with Gasteiger partial charge in [-0.3, -0.25) is 0 Å². The van der Waals surface area contributed by atoms with Crippen LogP contribution in [0.5, 0.6) is 0 Å². The van der Waals surface area contributed by atoms with Gasteiger partial charge in [0.05, 0.1) is 92.7 Å². The number of benzene rings is 6. The number of aliphatic hydroxyl groups excluding tert-OH is 9. The number of alkyl carbamates (subject to hydrolysis) is 3. The van der Waals surface area contributed by atoms with Crippen LogP contribution < -0.4 is 44.6 Å². The van der Waals surface area contributed by atoms with Gasteiger partial charge in [-0.25, -0.2) is 24.0 Å². The summed E-state index contributed by atoms with van der Waals surface area (Å²) in [5.74, 6) is -2.98.